The highest BCUT2D eigenvalue weighted by atomic mass is 28.3. The van der Waals surface area contributed by atoms with Crippen molar-refractivity contribution in [3.8, 4) is 23.8 Å². The van der Waals surface area contributed by atoms with Crippen LogP contribution in [0.3, 0.4) is 0 Å². The third-order valence-corrected chi connectivity index (χ3v) is 2.08. The lowest BCUT2D eigenvalue weighted by atomic mass is 10.2. The van der Waals surface area contributed by atoms with Crippen LogP contribution in [0.25, 0.3) is 0 Å². The molecule has 0 aliphatic rings. The Hall–Kier alpha value is -0.923. The molecule has 0 spiro atoms. The number of hydrogen-bond donors (Lipinski definition) is 0. The van der Waals surface area contributed by atoms with Gasteiger partial charge in [-0.25, -0.2) is 0 Å². The van der Waals surface area contributed by atoms with Crippen LogP contribution in [-0.2, 0) is 0 Å². The van der Waals surface area contributed by atoms with Gasteiger partial charge in [0.25, 0.3) is 0 Å². The van der Waals surface area contributed by atoms with Gasteiger partial charge in [-0.3, -0.25) is 0 Å². The van der Waals surface area contributed by atoms with Crippen molar-refractivity contribution in [2.24, 2.45) is 0 Å². The fourth-order valence-corrected chi connectivity index (χ4v) is 1.06. The second kappa shape index (κ2) is 4.19. The third kappa shape index (κ3) is 4.83. The van der Waals surface area contributed by atoms with E-state index in [1.165, 1.54) is 0 Å². The molecule has 0 fully saturated rings. The van der Waals surface area contributed by atoms with E-state index >= 15 is 0 Å². The molecule has 0 saturated heterocycles. The van der Waals surface area contributed by atoms with Gasteiger partial charge < -0.3 is 0 Å². The van der Waals surface area contributed by atoms with Crippen molar-refractivity contribution in [3.05, 3.63) is 11.1 Å². The van der Waals surface area contributed by atoms with Gasteiger partial charge >= 0.3 is 0 Å². The van der Waals surface area contributed by atoms with Gasteiger partial charge in [-0.15, -0.1) is 12.0 Å². The quantitative estimate of drug-likeness (QED) is 0.393. The fourth-order valence-electron chi connectivity index (χ4n) is 0.555. The molecule has 0 aliphatic carbocycles. The fraction of sp³-hybridized carbons (Fsp3) is 0.455. The molecule has 0 aromatic carbocycles. The normalized spacial score (nSPS) is 9.33. The van der Waals surface area contributed by atoms with Gasteiger partial charge in [-0.05, 0) is 13.8 Å². The highest BCUT2D eigenvalue weighted by molar-refractivity contribution is 6.83. The van der Waals surface area contributed by atoms with Crippen molar-refractivity contribution in [3.63, 3.8) is 0 Å². The molecule has 0 unspecified atom stereocenters. The average Bonchev–Trinajstić information content (AvgIpc) is 1.85. The Morgan fingerprint density at radius 2 is 1.67 bits per heavy atom. The summed E-state index contributed by atoms with van der Waals surface area (Å²) in [5.74, 6) is 5.67. The summed E-state index contributed by atoms with van der Waals surface area (Å²) in [7, 11) is -1.27. The molecule has 0 aromatic heterocycles. The van der Waals surface area contributed by atoms with Crippen molar-refractivity contribution >= 4 is 8.07 Å². The first-order valence-corrected chi connectivity index (χ1v) is 7.54. The van der Waals surface area contributed by atoms with E-state index in [-0.39, 0.29) is 0 Å². The molecule has 1 heteroatoms. The summed E-state index contributed by atoms with van der Waals surface area (Å²) in [6.07, 6.45) is 5.31. The van der Waals surface area contributed by atoms with Crippen molar-refractivity contribution in [1.82, 2.24) is 0 Å². The van der Waals surface area contributed by atoms with Gasteiger partial charge in [0.05, 0.1) is 5.57 Å². The zero-order valence-corrected chi connectivity index (χ0v) is 9.58. The summed E-state index contributed by atoms with van der Waals surface area (Å²) in [6.45, 7) is 10.6. The van der Waals surface area contributed by atoms with Gasteiger partial charge in [0, 0.05) is 0 Å². The lowest BCUT2D eigenvalue weighted by Gasteiger charge is -2.03. The monoisotopic (exact) mass is 176 g/mol. The highest BCUT2D eigenvalue weighted by Crippen LogP contribution is 2.02. The van der Waals surface area contributed by atoms with Gasteiger partial charge in [-0.2, -0.15) is 0 Å². The van der Waals surface area contributed by atoms with E-state index in [4.69, 9.17) is 6.42 Å². The van der Waals surface area contributed by atoms with Crippen molar-refractivity contribution < 1.29 is 0 Å². The maximum Gasteiger partial charge on any atom is 0.129 e. The maximum atomic E-state index is 5.31. The third-order valence-electron chi connectivity index (χ3n) is 1.21. The second-order valence-corrected chi connectivity index (χ2v) is 8.77. The molecule has 0 aliphatic heterocycles. The van der Waals surface area contributed by atoms with Crippen molar-refractivity contribution in [1.29, 1.82) is 0 Å². The highest BCUT2D eigenvalue weighted by Gasteiger charge is 2.07. The van der Waals surface area contributed by atoms with Gasteiger partial charge in [-0.1, -0.05) is 37.1 Å². The van der Waals surface area contributed by atoms with Gasteiger partial charge in [0.2, 0.25) is 0 Å². The van der Waals surface area contributed by atoms with Crippen LogP contribution in [0.15, 0.2) is 11.1 Å². The largest absolute Gasteiger partial charge is 0.129 e. The van der Waals surface area contributed by atoms with Crippen molar-refractivity contribution in [2.45, 2.75) is 33.5 Å². The number of rotatable bonds is 0. The zero-order valence-electron chi connectivity index (χ0n) is 8.58. The van der Waals surface area contributed by atoms with Crippen LogP contribution < -0.4 is 0 Å². The predicted molar refractivity (Wildman–Crippen MR) is 58.3 cm³/mol. The summed E-state index contributed by atoms with van der Waals surface area (Å²) < 4.78 is 0. The first-order valence-electron chi connectivity index (χ1n) is 4.04. The Labute approximate surface area is 77.1 Å². The van der Waals surface area contributed by atoms with E-state index in [9.17, 15) is 0 Å². The molecule has 0 radical (unpaired) electrons. The second-order valence-electron chi connectivity index (χ2n) is 4.02. The van der Waals surface area contributed by atoms with E-state index in [0.717, 1.165) is 11.1 Å². The minimum Gasteiger partial charge on any atom is -0.126 e. The lowest BCUT2D eigenvalue weighted by molar-refractivity contribution is 1.37. The molecule has 0 aromatic rings. The Kier molecular flexibility index (Phi) is 3.87. The summed E-state index contributed by atoms with van der Waals surface area (Å²) in [5.41, 5.74) is 5.22. The molecule has 0 saturated carbocycles. The molecular weight excluding hydrogens is 160 g/mol. The van der Waals surface area contributed by atoms with E-state index in [0.29, 0.717) is 0 Å². The summed E-state index contributed by atoms with van der Waals surface area (Å²) >= 11 is 0. The van der Waals surface area contributed by atoms with E-state index in [1.807, 2.05) is 13.8 Å². The standard InChI is InChI=1S/C11H16Si/c1-7-11(10(2)3)8-9-12(4,5)6/h1H,2-6H3. The number of hydrogen-bond acceptors (Lipinski definition) is 0. The van der Waals surface area contributed by atoms with E-state index < -0.39 is 8.07 Å². The Bertz CT molecular complexity index is 280. The van der Waals surface area contributed by atoms with E-state index in [2.05, 4.69) is 37.0 Å². The summed E-state index contributed by atoms with van der Waals surface area (Å²) in [4.78, 5) is 0. The average molecular weight is 176 g/mol. The first-order chi connectivity index (χ1) is 5.37. The molecule has 0 heterocycles. The zero-order chi connectivity index (χ0) is 9.78. The molecule has 64 valence electrons. The molecule has 0 amide bonds. The molecule has 0 N–H and O–H groups in total. The van der Waals surface area contributed by atoms with Crippen LogP contribution in [0.1, 0.15) is 13.8 Å². The molecule has 12 heavy (non-hydrogen) atoms. The van der Waals surface area contributed by atoms with Crippen LogP contribution >= 0.6 is 0 Å². The minimum atomic E-state index is -1.27. The Morgan fingerprint density at radius 3 is 1.92 bits per heavy atom. The van der Waals surface area contributed by atoms with Crippen molar-refractivity contribution in [2.75, 3.05) is 0 Å². The summed E-state index contributed by atoms with van der Waals surface area (Å²) in [6, 6.07) is 0. The summed E-state index contributed by atoms with van der Waals surface area (Å²) in [5, 5.41) is 0. The first kappa shape index (κ1) is 11.1. The topological polar surface area (TPSA) is 0 Å². The van der Waals surface area contributed by atoms with E-state index in [1.54, 1.807) is 0 Å². The molecule has 0 rings (SSSR count). The molecule has 0 nitrogen and oxygen atoms in total. The molecule has 0 bridgehead atoms. The Balaban J connectivity index is 4.76. The van der Waals surface area contributed by atoms with Crippen LogP contribution in [-0.4, -0.2) is 8.07 Å². The smallest absolute Gasteiger partial charge is 0.126 e. The van der Waals surface area contributed by atoms with Crippen LogP contribution in [0, 0.1) is 23.8 Å². The van der Waals surface area contributed by atoms with Crippen LogP contribution in [0.2, 0.25) is 19.6 Å². The molecule has 0 atom stereocenters. The number of allylic oxidation sites excluding steroid dienone is 2. The maximum absolute atomic E-state index is 5.31. The lowest BCUT2D eigenvalue weighted by Crippen LogP contribution is -2.16. The van der Waals surface area contributed by atoms with Crippen LogP contribution in [0.4, 0.5) is 0 Å². The predicted octanol–water partition coefficient (Wildman–Crippen LogP) is 2.84. The van der Waals surface area contributed by atoms with Crippen LogP contribution in [0.5, 0.6) is 0 Å². The SMILES string of the molecule is C#CC(C#C[Si](C)(C)C)=C(C)C. The molecular formula is C11H16Si. The van der Waals surface area contributed by atoms with Gasteiger partial charge in [0.15, 0.2) is 0 Å². The number of terminal acetylenes is 1. The van der Waals surface area contributed by atoms with Gasteiger partial charge in [0.1, 0.15) is 8.07 Å². The minimum absolute atomic E-state index is 0.845. The Morgan fingerprint density at radius 1 is 1.17 bits per heavy atom.